The van der Waals surface area contributed by atoms with Crippen LogP contribution in [-0.4, -0.2) is 70.0 Å². The summed E-state index contributed by atoms with van der Waals surface area (Å²) in [5.74, 6) is -0.875. The van der Waals surface area contributed by atoms with E-state index in [0.717, 1.165) is 173 Å². The first kappa shape index (κ1) is 88.3. The highest BCUT2D eigenvalue weighted by atomic mass is 31.2. The highest BCUT2D eigenvalue weighted by molar-refractivity contribution is 7.45. The molecule has 0 aromatic heterocycles. The van der Waals surface area contributed by atoms with Crippen LogP contribution in [-0.2, 0) is 32.7 Å². The van der Waals surface area contributed by atoms with Crippen molar-refractivity contribution in [1.82, 2.24) is 0 Å². The van der Waals surface area contributed by atoms with Crippen molar-refractivity contribution >= 4 is 19.8 Å². The number of hydrogen-bond acceptors (Lipinski definition) is 8. The number of quaternary nitrogens is 1. The molecule has 0 aliphatic rings. The van der Waals surface area contributed by atoms with Crippen LogP contribution in [0.25, 0.3) is 0 Å². The second-order valence-electron chi connectivity index (χ2n) is 24.5. The van der Waals surface area contributed by atoms with E-state index in [1.54, 1.807) is 0 Å². The van der Waals surface area contributed by atoms with Crippen LogP contribution in [0.15, 0.2) is 219 Å². The molecule has 0 saturated carbocycles. The fourth-order valence-corrected chi connectivity index (χ4v) is 9.72. The molecule has 0 rings (SSSR count). The minimum Gasteiger partial charge on any atom is -0.756 e. The molecule has 0 aromatic carbocycles. The van der Waals surface area contributed by atoms with E-state index in [1.165, 1.54) is 32.1 Å². The molecule has 0 amide bonds. The molecular weight excluding hydrogens is 1180 g/mol. The predicted octanol–water partition coefficient (Wildman–Crippen LogP) is 23.7. The standard InChI is InChI=1S/C84H132NO8P/c1-6-8-10-12-14-16-18-20-22-24-26-28-30-32-34-36-37-38-39-40-41-42-43-44-45-46-47-49-51-53-55-57-59-61-63-65-67-69-71-73-75-77-84(87)93-82(81-92-94(88,89)91-79-78-85(3,4)5)80-90-83(86)76-74-72-70-68-66-64-62-60-58-56-54-52-50-48-35-33-31-29-27-25-23-21-19-17-15-13-11-9-7-2/h8-11,14-17,20-23,26-29,32-35,37-38,40-41,43-44,46-47,50-53,56-59,82H,6-7,12-13,18-19,24-25,30-31,36,39,42,45,48-49,54-55,60-81H2,1-5H3/b10-8-,11-9-,16-14-,17-15-,22-20-,23-21-,28-26-,29-27-,34-32-,35-33-,38-37-,41-40-,44-43-,47-46-,52-50-,53-51-,58-56-,59-57-. The monoisotopic (exact) mass is 1310 g/mol. The fourth-order valence-electron chi connectivity index (χ4n) is 8.99. The zero-order valence-electron chi connectivity index (χ0n) is 59.8. The topological polar surface area (TPSA) is 111 Å². The van der Waals surface area contributed by atoms with E-state index in [0.29, 0.717) is 23.9 Å². The molecule has 0 spiro atoms. The molecule has 0 bridgehead atoms. The van der Waals surface area contributed by atoms with Crippen LogP contribution in [0, 0.1) is 0 Å². The summed E-state index contributed by atoms with van der Waals surface area (Å²) in [5.41, 5.74) is 0. The highest BCUT2D eigenvalue weighted by Crippen LogP contribution is 2.38. The second-order valence-corrected chi connectivity index (χ2v) is 25.9. The molecule has 526 valence electrons. The smallest absolute Gasteiger partial charge is 0.306 e. The Bertz CT molecular complexity index is 2390. The van der Waals surface area contributed by atoms with E-state index in [1.807, 2.05) is 21.1 Å². The van der Waals surface area contributed by atoms with Crippen LogP contribution in [0.3, 0.4) is 0 Å². The number of allylic oxidation sites excluding steroid dienone is 36. The Morgan fingerprint density at radius 2 is 0.574 bits per heavy atom. The maximum absolute atomic E-state index is 12.9. The van der Waals surface area contributed by atoms with Crippen LogP contribution in [0.2, 0.25) is 0 Å². The van der Waals surface area contributed by atoms with Crippen molar-refractivity contribution in [3.63, 3.8) is 0 Å². The summed E-state index contributed by atoms with van der Waals surface area (Å²) < 4.78 is 34.3. The van der Waals surface area contributed by atoms with Crippen molar-refractivity contribution in [3.05, 3.63) is 219 Å². The molecule has 0 aliphatic heterocycles. The Kier molecular flexibility index (Phi) is 67.3. The molecule has 0 N–H and O–H groups in total. The minimum absolute atomic E-state index is 0.0474. The number of phosphoric ester groups is 1. The van der Waals surface area contributed by atoms with Crippen LogP contribution < -0.4 is 4.89 Å². The molecule has 0 aliphatic carbocycles. The van der Waals surface area contributed by atoms with Gasteiger partial charge in [0.2, 0.25) is 0 Å². The summed E-state index contributed by atoms with van der Waals surface area (Å²) in [7, 11) is 1.12. The van der Waals surface area contributed by atoms with Crippen molar-refractivity contribution in [2.45, 2.75) is 251 Å². The molecule has 0 radical (unpaired) electrons. The van der Waals surface area contributed by atoms with Crippen LogP contribution >= 0.6 is 7.82 Å². The minimum atomic E-state index is -4.67. The summed E-state index contributed by atoms with van der Waals surface area (Å²) in [4.78, 5) is 38.1. The summed E-state index contributed by atoms with van der Waals surface area (Å²) in [6.07, 6.45) is 114. The van der Waals surface area contributed by atoms with E-state index in [4.69, 9.17) is 18.5 Å². The number of esters is 2. The number of rotatable bonds is 64. The van der Waals surface area contributed by atoms with Gasteiger partial charge in [-0.3, -0.25) is 14.2 Å². The fraction of sp³-hybridized carbons (Fsp3) is 0.548. The van der Waals surface area contributed by atoms with Gasteiger partial charge in [0.1, 0.15) is 19.8 Å². The lowest BCUT2D eigenvalue weighted by Crippen LogP contribution is -2.37. The van der Waals surface area contributed by atoms with Crippen molar-refractivity contribution in [3.8, 4) is 0 Å². The molecule has 2 atom stereocenters. The average molecular weight is 1310 g/mol. The molecule has 9 nitrogen and oxygen atoms in total. The number of unbranched alkanes of at least 4 members (excludes halogenated alkanes) is 14. The van der Waals surface area contributed by atoms with Gasteiger partial charge >= 0.3 is 11.9 Å². The van der Waals surface area contributed by atoms with Crippen LogP contribution in [0.5, 0.6) is 0 Å². The van der Waals surface area contributed by atoms with Gasteiger partial charge in [0.25, 0.3) is 7.82 Å². The number of nitrogens with zero attached hydrogens (tertiary/aromatic N) is 1. The maximum atomic E-state index is 12.9. The van der Waals surface area contributed by atoms with Crippen molar-refractivity contribution < 1.29 is 42.1 Å². The first-order chi connectivity index (χ1) is 46.0. The summed E-state index contributed by atoms with van der Waals surface area (Å²) >= 11 is 0. The largest absolute Gasteiger partial charge is 0.756 e. The van der Waals surface area contributed by atoms with Gasteiger partial charge in [0, 0.05) is 12.8 Å². The summed E-state index contributed by atoms with van der Waals surface area (Å²) in [6, 6.07) is 0. The SMILES string of the molecule is CC/C=C\C/C=C\C/C=C\C/C=C\C/C=C\C/C=C\C/C=C\C/C=C\C/C=C\C/C=C\C/C=C\CCCCCCCCCC(=O)OC(COC(=O)CCCCCCCCC/C=C\C/C=C\C/C=C\C/C=C\C/C=C\C/C=C\C/C=C\CC)COP(=O)([O-])OCC[N+](C)(C)C. The van der Waals surface area contributed by atoms with E-state index in [-0.39, 0.29) is 26.1 Å². The number of carbonyl (C=O) groups is 2. The van der Waals surface area contributed by atoms with E-state index < -0.39 is 32.5 Å². The third-order valence-corrected chi connectivity index (χ3v) is 15.5. The molecular formula is C84H132NO8P. The van der Waals surface area contributed by atoms with Gasteiger partial charge in [-0.1, -0.05) is 297 Å². The highest BCUT2D eigenvalue weighted by Gasteiger charge is 2.22. The van der Waals surface area contributed by atoms with Gasteiger partial charge in [0.15, 0.2) is 6.10 Å². The van der Waals surface area contributed by atoms with E-state index in [9.17, 15) is 19.0 Å². The quantitative estimate of drug-likeness (QED) is 0.0195. The Hall–Kier alpha value is -5.67. The predicted molar refractivity (Wildman–Crippen MR) is 405 cm³/mol. The van der Waals surface area contributed by atoms with Crippen molar-refractivity contribution in [2.24, 2.45) is 0 Å². The van der Waals surface area contributed by atoms with Crippen molar-refractivity contribution in [2.75, 3.05) is 47.5 Å². The average Bonchev–Trinajstić information content (AvgIpc) is 1.57. The number of carbonyl (C=O) groups excluding carboxylic acids is 2. The molecule has 10 heteroatoms. The Balaban J connectivity index is 4.18. The van der Waals surface area contributed by atoms with Gasteiger partial charge in [-0.15, -0.1) is 0 Å². The molecule has 2 unspecified atom stereocenters. The maximum Gasteiger partial charge on any atom is 0.306 e. The van der Waals surface area contributed by atoms with E-state index in [2.05, 4.69) is 233 Å². The number of ether oxygens (including phenoxy) is 2. The lowest BCUT2D eigenvalue weighted by molar-refractivity contribution is -0.870. The first-order valence-electron chi connectivity index (χ1n) is 36.4. The Morgan fingerprint density at radius 3 is 0.851 bits per heavy atom. The molecule has 0 aromatic rings. The molecule has 94 heavy (non-hydrogen) atoms. The van der Waals surface area contributed by atoms with Gasteiger partial charge in [-0.05, 0) is 154 Å². The third-order valence-electron chi connectivity index (χ3n) is 14.5. The number of likely N-dealkylation sites (N-methyl/N-ethyl adjacent to an activating group) is 1. The van der Waals surface area contributed by atoms with Gasteiger partial charge < -0.3 is 27.9 Å². The van der Waals surface area contributed by atoms with E-state index >= 15 is 0 Å². The molecule has 0 saturated heterocycles. The normalized spacial score (nSPS) is 14.4. The second kappa shape index (κ2) is 71.6. The first-order valence-corrected chi connectivity index (χ1v) is 37.9. The van der Waals surface area contributed by atoms with Crippen LogP contribution in [0.1, 0.15) is 245 Å². The third kappa shape index (κ3) is 75.4. The Labute approximate surface area is 576 Å². The van der Waals surface area contributed by atoms with Gasteiger partial charge in [-0.2, -0.15) is 0 Å². The van der Waals surface area contributed by atoms with Crippen molar-refractivity contribution in [1.29, 1.82) is 0 Å². The lowest BCUT2D eigenvalue weighted by Gasteiger charge is -2.28. The molecule has 0 fully saturated rings. The zero-order valence-corrected chi connectivity index (χ0v) is 60.7. The number of hydrogen-bond donors (Lipinski definition) is 0. The molecule has 0 heterocycles. The van der Waals surface area contributed by atoms with Gasteiger partial charge in [-0.25, -0.2) is 0 Å². The zero-order chi connectivity index (χ0) is 68.3. The van der Waals surface area contributed by atoms with Crippen LogP contribution in [0.4, 0.5) is 0 Å². The van der Waals surface area contributed by atoms with Gasteiger partial charge in [0.05, 0.1) is 27.7 Å². The number of phosphoric acid groups is 1. The Morgan fingerprint density at radius 1 is 0.330 bits per heavy atom. The summed E-state index contributed by atoms with van der Waals surface area (Å²) in [5, 5.41) is 0. The lowest BCUT2D eigenvalue weighted by atomic mass is 10.1. The summed E-state index contributed by atoms with van der Waals surface area (Å²) in [6.45, 7) is 3.96.